The second kappa shape index (κ2) is 11.6. The van der Waals surface area contributed by atoms with E-state index in [0.29, 0.717) is 46.2 Å². The lowest BCUT2D eigenvalue weighted by atomic mass is 10.1. The van der Waals surface area contributed by atoms with Gasteiger partial charge in [-0.05, 0) is 65.7 Å². The first kappa shape index (κ1) is 26.3. The lowest BCUT2D eigenvalue weighted by Gasteiger charge is -2.14. The number of halogens is 3. The number of benzene rings is 2. The van der Waals surface area contributed by atoms with Crippen molar-refractivity contribution in [1.82, 2.24) is 35.5 Å². The summed E-state index contributed by atoms with van der Waals surface area (Å²) in [4.78, 5) is 33.0. The standard InChI is InChI=1S/C26H21Cl2FN8O2/c27-16-7-10-21(37-14-30-35-36-37)15(12-16)6-11-23(39)32-20-4-2-1-3-5-22(38)31-19-9-8-17(29)13-18(19)24-25(28)34-26(20)33-24/h1-2,6-14,20H,3-5H2,(H,31,38)(H,32,39)(H,33,34)/b2-1+,11-6+/t20-/m0/s1. The van der Waals surface area contributed by atoms with Gasteiger partial charge >= 0.3 is 0 Å². The molecule has 2 aromatic heterocycles. The van der Waals surface area contributed by atoms with Crippen LogP contribution in [0.4, 0.5) is 10.1 Å². The van der Waals surface area contributed by atoms with Crippen LogP contribution >= 0.6 is 23.2 Å². The van der Waals surface area contributed by atoms with E-state index in [-0.39, 0.29) is 23.2 Å². The second-order valence-corrected chi connectivity index (χ2v) is 9.43. The molecule has 4 aromatic rings. The Morgan fingerprint density at radius 2 is 2.05 bits per heavy atom. The SMILES string of the molecule is O=C(/C=C/c1cc(Cl)ccc1-n1cnnn1)N[C@H]1C/C=C/CCC(=O)Nc2ccc(F)cc2-c2nc1[nH]c2Cl. The van der Waals surface area contributed by atoms with Gasteiger partial charge in [-0.15, -0.1) is 5.10 Å². The maximum Gasteiger partial charge on any atom is 0.244 e. The molecule has 5 rings (SSSR count). The summed E-state index contributed by atoms with van der Waals surface area (Å²) < 4.78 is 15.6. The van der Waals surface area contributed by atoms with E-state index in [0.717, 1.165) is 0 Å². The largest absolute Gasteiger partial charge is 0.342 e. The molecule has 0 spiro atoms. The van der Waals surface area contributed by atoms with Gasteiger partial charge in [-0.3, -0.25) is 9.59 Å². The Morgan fingerprint density at radius 1 is 1.18 bits per heavy atom. The fourth-order valence-electron chi connectivity index (χ4n) is 4.07. The highest BCUT2D eigenvalue weighted by Gasteiger charge is 2.22. The average molecular weight is 567 g/mol. The molecule has 0 saturated heterocycles. The van der Waals surface area contributed by atoms with Crippen LogP contribution in [-0.4, -0.2) is 42.0 Å². The average Bonchev–Trinajstić information content (AvgIpc) is 3.57. The summed E-state index contributed by atoms with van der Waals surface area (Å²) >= 11 is 12.6. The molecule has 3 N–H and O–H groups in total. The van der Waals surface area contributed by atoms with Gasteiger partial charge in [0.25, 0.3) is 0 Å². The summed E-state index contributed by atoms with van der Waals surface area (Å²) in [6.07, 6.45) is 9.20. The van der Waals surface area contributed by atoms with Gasteiger partial charge in [0.1, 0.15) is 28.8 Å². The molecule has 13 heteroatoms. The number of nitrogens with zero attached hydrogens (tertiary/aromatic N) is 5. The van der Waals surface area contributed by atoms with E-state index in [1.807, 2.05) is 12.2 Å². The maximum absolute atomic E-state index is 14.1. The molecule has 0 saturated carbocycles. The van der Waals surface area contributed by atoms with Crippen molar-refractivity contribution in [3.05, 3.63) is 88.3 Å². The third-order valence-electron chi connectivity index (χ3n) is 5.91. The lowest BCUT2D eigenvalue weighted by molar-refractivity contribution is -0.117. The van der Waals surface area contributed by atoms with Crippen molar-refractivity contribution in [3.63, 3.8) is 0 Å². The Kier molecular flexibility index (Phi) is 7.80. The number of aromatic amines is 1. The number of aromatic nitrogens is 6. The van der Waals surface area contributed by atoms with Crippen LogP contribution < -0.4 is 10.6 Å². The van der Waals surface area contributed by atoms with Gasteiger partial charge in [0.15, 0.2) is 0 Å². The summed E-state index contributed by atoms with van der Waals surface area (Å²) in [5.41, 5.74) is 2.22. The van der Waals surface area contributed by atoms with Crippen LogP contribution in [0.2, 0.25) is 10.2 Å². The van der Waals surface area contributed by atoms with Gasteiger partial charge < -0.3 is 15.6 Å². The molecule has 1 aliphatic rings. The molecule has 0 radical (unpaired) electrons. The Balaban J connectivity index is 1.44. The molecule has 0 aliphatic carbocycles. The molecule has 2 aromatic carbocycles. The quantitative estimate of drug-likeness (QED) is 0.234. The zero-order valence-electron chi connectivity index (χ0n) is 20.2. The number of imidazole rings is 1. The number of hydrogen-bond donors (Lipinski definition) is 3. The molecule has 1 atom stereocenters. The van der Waals surface area contributed by atoms with E-state index >= 15 is 0 Å². The Labute approximate surface area is 231 Å². The molecule has 0 unspecified atom stereocenters. The number of fused-ring (bicyclic) bond motifs is 4. The first-order chi connectivity index (χ1) is 18.9. The van der Waals surface area contributed by atoms with E-state index in [2.05, 4.69) is 36.1 Å². The van der Waals surface area contributed by atoms with Crippen molar-refractivity contribution in [2.24, 2.45) is 0 Å². The van der Waals surface area contributed by atoms with Gasteiger partial charge in [-0.2, -0.15) is 4.68 Å². The van der Waals surface area contributed by atoms with Gasteiger partial charge in [0.05, 0.1) is 17.4 Å². The highest BCUT2D eigenvalue weighted by atomic mass is 35.5. The molecule has 39 heavy (non-hydrogen) atoms. The normalized spacial score (nSPS) is 16.5. The predicted molar refractivity (Wildman–Crippen MR) is 145 cm³/mol. The second-order valence-electron chi connectivity index (χ2n) is 8.62. The Morgan fingerprint density at radius 3 is 2.87 bits per heavy atom. The van der Waals surface area contributed by atoms with E-state index in [1.54, 1.807) is 24.3 Å². The molecule has 2 amide bonds. The number of hydrogen-bond acceptors (Lipinski definition) is 6. The number of anilines is 1. The van der Waals surface area contributed by atoms with Crippen molar-refractivity contribution in [2.75, 3.05) is 5.32 Å². The van der Waals surface area contributed by atoms with Gasteiger partial charge in [-0.1, -0.05) is 35.4 Å². The number of nitrogens with one attached hydrogen (secondary N) is 3. The third-order valence-corrected chi connectivity index (χ3v) is 6.42. The Bertz CT molecular complexity index is 1580. The fourth-order valence-corrected chi connectivity index (χ4v) is 4.50. The minimum Gasteiger partial charge on any atom is -0.342 e. The van der Waals surface area contributed by atoms with Crippen LogP contribution in [0.25, 0.3) is 23.0 Å². The lowest BCUT2D eigenvalue weighted by Crippen LogP contribution is -2.27. The molecular weight excluding hydrogens is 546 g/mol. The minimum atomic E-state index is -0.593. The van der Waals surface area contributed by atoms with Gasteiger partial charge in [0, 0.05) is 28.6 Å². The van der Waals surface area contributed by atoms with E-state index < -0.39 is 17.8 Å². The van der Waals surface area contributed by atoms with Crippen molar-refractivity contribution >= 4 is 46.8 Å². The van der Waals surface area contributed by atoms with E-state index in [1.165, 1.54) is 35.3 Å². The third kappa shape index (κ3) is 6.21. The smallest absolute Gasteiger partial charge is 0.244 e. The number of H-pyrrole nitrogens is 1. The van der Waals surface area contributed by atoms with E-state index in [9.17, 15) is 14.0 Å². The van der Waals surface area contributed by atoms with Crippen LogP contribution in [0.5, 0.6) is 0 Å². The van der Waals surface area contributed by atoms with Crippen molar-refractivity contribution < 1.29 is 14.0 Å². The summed E-state index contributed by atoms with van der Waals surface area (Å²) in [6, 6.07) is 8.50. The van der Waals surface area contributed by atoms with Gasteiger partial charge in [0.2, 0.25) is 11.8 Å². The van der Waals surface area contributed by atoms with Crippen LogP contribution in [0.3, 0.4) is 0 Å². The molecule has 0 fully saturated rings. The molecule has 3 heterocycles. The zero-order chi connectivity index (χ0) is 27.4. The maximum atomic E-state index is 14.1. The predicted octanol–water partition coefficient (Wildman–Crippen LogP) is 5.05. The summed E-state index contributed by atoms with van der Waals surface area (Å²) in [5, 5.41) is 17.5. The number of carbonyl (C=O) groups excluding carboxylic acids is 2. The van der Waals surface area contributed by atoms with Crippen molar-refractivity contribution in [1.29, 1.82) is 0 Å². The van der Waals surface area contributed by atoms with E-state index in [4.69, 9.17) is 23.2 Å². The minimum absolute atomic E-state index is 0.145. The topological polar surface area (TPSA) is 130 Å². The number of tetrazole rings is 1. The number of carbonyl (C=O) groups is 2. The molecule has 1 aliphatic heterocycles. The van der Waals surface area contributed by atoms with Crippen LogP contribution in [0.15, 0.2) is 61.0 Å². The number of amides is 2. The number of allylic oxidation sites excluding steroid dienone is 1. The zero-order valence-corrected chi connectivity index (χ0v) is 21.7. The molecular formula is C26H21Cl2FN8O2. The summed E-state index contributed by atoms with van der Waals surface area (Å²) in [6.45, 7) is 0. The summed E-state index contributed by atoms with van der Waals surface area (Å²) in [5.74, 6) is -0.764. The van der Waals surface area contributed by atoms with Crippen LogP contribution in [0, 0.1) is 5.82 Å². The monoisotopic (exact) mass is 566 g/mol. The molecule has 10 nitrogen and oxygen atoms in total. The summed E-state index contributed by atoms with van der Waals surface area (Å²) in [7, 11) is 0. The first-order valence-corrected chi connectivity index (χ1v) is 12.6. The number of rotatable bonds is 4. The van der Waals surface area contributed by atoms with Crippen molar-refractivity contribution in [3.8, 4) is 16.9 Å². The van der Waals surface area contributed by atoms with Crippen molar-refractivity contribution in [2.45, 2.75) is 25.3 Å². The first-order valence-electron chi connectivity index (χ1n) is 11.9. The fraction of sp³-hybridized carbons (Fsp3) is 0.154. The van der Waals surface area contributed by atoms with Gasteiger partial charge in [-0.25, -0.2) is 9.37 Å². The van der Waals surface area contributed by atoms with Crippen LogP contribution in [-0.2, 0) is 9.59 Å². The highest BCUT2D eigenvalue weighted by Crippen LogP contribution is 2.34. The van der Waals surface area contributed by atoms with Crippen LogP contribution in [0.1, 0.15) is 36.7 Å². The molecule has 2 bridgehead atoms. The molecule has 198 valence electrons. The Hall–Kier alpha value is -4.35. The highest BCUT2D eigenvalue weighted by molar-refractivity contribution is 6.32.